The maximum absolute atomic E-state index is 14.2. The van der Waals surface area contributed by atoms with Crippen LogP contribution in [0.1, 0.15) is 25.7 Å². The first-order valence-electron chi connectivity index (χ1n) is 7.16. The van der Waals surface area contributed by atoms with Crippen LogP contribution < -0.4 is 15.4 Å². The Bertz CT molecular complexity index is 638. The van der Waals surface area contributed by atoms with Gasteiger partial charge < -0.3 is 10.2 Å². The predicted molar refractivity (Wildman–Crippen MR) is 79.1 cm³/mol. The minimum atomic E-state index is -3.87. The summed E-state index contributed by atoms with van der Waals surface area (Å²) < 4.78 is 36.7. The number of hydrogen-bond acceptors (Lipinski definition) is 4. The monoisotopic (exact) mass is 313 g/mol. The minimum absolute atomic E-state index is 0.192. The summed E-state index contributed by atoms with van der Waals surface area (Å²) in [5.41, 5.74) is 0.425. The Labute approximate surface area is 124 Å². The fourth-order valence-corrected chi connectivity index (χ4v) is 4.02. The molecule has 1 aromatic rings. The second kappa shape index (κ2) is 5.23. The third kappa shape index (κ3) is 2.90. The quantitative estimate of drug-likeness (QED) is 0.879. The lowest BCUT2D eigenvalue weighted by Gasteiger charge is -2.37. The van der Waals surface area contributed by atoms with Crippen LogP contribution in [0.2, 0.25) is 0 Å². The number of rotatable bonds is 3. The molecule has 3 rings (SSSR count). The van der Waals surface area contributed by atoms with Crippen LogP contribution in [-0.4, -0.2) is 33.6 Å². The zero-order valence-corrected chi connectivity index (χ0v) is 12.7. The van der Waals surface area contributed by atoms with Gasteiger partial charge in [0.05, 0.1) is 10.6 Å². The number of fused-ring (bicyclic) bond motifs is 2. The third-order valence-electron chi connectivity index (χ3n) is 4.62. The van der Waals surface area contributed by atoms with E-state index in [9.17, 15) is 12.8 Å². The number of benzene rings is 1. The first kappa shape index (κ1) is 14.7. The van der Waals surface area contributed by atoms with Crippen LogP contribution in [0.15, 0.2) is 23.1 Å². The summed E-state index contributed by atoms with van der Waals surface area (Å²) in [5, 5.41) is 8.58. The molecule has 0 aliphatic carbocycles. The number of anilines is 1. The van der Waals surface area contributed by atoms with Crippen LogP contribution in [-0.2, 0) is 10.0 Å². The van der Waals surface area contributed by atoms with Crippen LogP contribution in [0.4, 0.5) is 10.1 Å². The lowest BCUT2D eigenvalue weighted by molar-refractivity contribution is 0.353. The molecule has 2 heterocycles. The van der Waals surface area contributed by atoms with E-state index in [0.29, 0.717) is 17.8 Å². The molecular formula is C14H20FN3O2S. The Kier molecular flexibility index (Phi) is 3.67. The van der Waals surface area contributed by atoms with Crippen molar-refractivity contribution in [3.8, 4) is 0 Å². The molecule has 21 heavy (non-hydrogen) atoms. The summed E-state index contributed by atoms with van der Waals surface area (Å²) in [6.45, 7) is 0. The Hall–Kier alpha value is -1.18. The van der Waals surface area contributed by atoms with E-state index < -0.39 is 15.8 Å². The average Bonchev–Trinajstić information content (AvgIpc) is 2.75. The molecule has 0 saturated carbocycles. The lowest BCUT2D eigenvalue weighted by atomic mass is 9.98. The van der Waals surface area contributed by atoms with Gasteiger partial charge in [0.25, 0.3) is 0 Å². The Morgan fingerprint density at radius 3 is 2.43 bits per heavy atom. The highest BCUT2D eigenvalue weighted by Crippen LogP contribution is 2.32. The molecule has 0 radical (unpaired) electrons. The van der Waals surface area contributed by atoms with Crippen molar-refractivity contribution in [2.24, 2.45) is 5.14 Å². The van der Waals surface area contributed by atoms with E-state index in [0.717, 1.165) is 18.9 Å². The standard InChI is InChI=1S/C14H20FN3O2S/c1-18(11-6-9-2-3-10(7-11)17-9)14-5-4-12(8-13(14)15)21(16,19)20/h4-5,8-11,17H,2-3,6-7H2,1H3,(H2,16,19,20). The summed E-state index contributed by atoms with van der Waals surface area (Å²) in [5.74, 6) is -0.546. The maximum Gasteiger partial charge on any atom is 0.238 e. The van der Waals surface area contributed by atoms with Crippen molar-refractivity contribution in [2.75, 3.05) is 11.9 Å². The summed E-state index contributed by atoms with van der Waals surface area (Å²) in [6, 6.07) is 5.17. The van der Waals surface area contributed by atoms with E-state index in [1.54, 1.807) is 0 Å². The molecule has 2 aliphatic rings. The van der Waals surface area contributed by atoms with Gasteiger partial charge in [0.15, 0.2) is 0 Å². The summed E-state index contributed by atoms with van der Waals surface area (Å²) in [7, 11) is -2.00. The summed E-state index contributed by atoms with van der Waals surface area (Å²) in [4.78, 5) is 1.73. The molecule has 0 amide bonds. The van der Waals surface area contributed by atoms with Crippen molar-refractivity contribution in [3.05, 3.63) is 24.0 Å². The zero-order chi connectivity index (χ0) is 15.2. The van der Waals surface area contributed by atoms with Crippen molar-refractivity contribution in [1.29, 1.82) is 0 Å². The van der Waals surface area contributed by atoms with Crippen molar-refractivity contribution in [1.82, 2.24) is 5.32 Å². The molecule has 2 aliphatic heterocycles. The fraction of sp³-hybridized carbons (Fsp3) is 0.571. The number of sulfonamides is 1. The number of hydrogen-bond donors (Lipinski definition) is 2. The normalized spacial score (nSPS) is 28.6. The van der Waals surface area contributed by atoms with E-state index >= 15 is 0 Å². The van der Waals surface area contributed by atoms with Crippen LogP contribution in [0, 0.1) is 5.82 Å². The third-order valence-corrected chi connectivity index (χ3v) is 5.53. The van der Waals surface area contributed by atoms with Crippen LogP contribution >= 0.6 is 0 Å². The Morgan fingerprint density at radius 1 is 1.29 bits per heavy atom. The molecule has 3 N–H and O–H groups in total. The first-order chi connectivity index (χ1) is 9.84. The second-order valence-corrected chi connectivity index (χ2v) is 7.59. The molecular weight excluding hydrogens is 293 g/mol. The molecule has 2 fully saturated rings. The largest absolute Gasteiger partial charge is 0.369 e. The predicted octanol–water partition coefficient (Wildman–Crippen LogP) is 1.19. The molecule has 1 aromatic carbocycles. The summed E-state index contributed by atoms with van der Waals surface area (Å²) >= 11 is 0. The van der Waals surface area contributed by atoms with E-state index in [2.05, 4.69) is 5.32 Å². The second-order valence-electron chi connectivity index (χ2n) is 6.03. The van der Waals surface area contributed by atoms with Gasteiger partial charge in [0, 0.05) is 25.2 Å². The van der Waals surface area contributed by atoms with Gasteiger partial charge in [-0.05, 0) is 43.9 Å². The van der Waals surface area contributed by atoms with Crippen LogP contribution in [0.25, 0.3) is 0 Å². The summed E-state index contributed by atoms with van der Waals surface area (Å²) in [6.07, 6.45) is 4.34. The van der Waals surface area contributed by atoms with Gasteiger partial charge in [0.2, 0.25) is 10.0 Å². The molecule has 2 bridgehead atoms. The van der Waals surface area contributed by atoms with Gasteiger partial charge >= 0.3 is 0 Å². The highest BCUT2D eigenvalue weighted by atomic mass is 32.2. The average molecular weight is 313 g/mol. The first-order valence-corrected chi connectivity index (χ1v) is 8.70. The number of primary sulfonamides is 1. The number of nitrogens with zero attached hydrogens (tertiary/aromatic N) is 1. The number of nitrogens with one attached hydrogen (secondary N) is 1. The topological polar surface area (TPSA) is 75.4 Å². The van der Waals surface area contributed by atoms with Crippen LogP contribution in [0.5, 0.6) is 0 Å². The molecule has 116 valence electrons. The molecule has 2 saturated heterocycles. The van der Waals surface area contributed by atoms with Gasteiger partial charge in [-0.2, -0.15) is 0 Å². The van der Waals surface area contributed by atoms with E-state index in [1.807, 2.05) is 11.9 Å². The highest BCUT2D eigenvalue weighted by molar-refractivity contribution is 7.89. The molecule has 2 atom stereocenters. The SMILES string of the molecule is CN(c1ccc(S(N)(=O)=O)cc1F)C1CC2CCC(C1)N2. The van der Waals surface area contributed by atoms with Crippen molar-refractivity contribution in [2.45, 2.75) is 48.7 Å². The van der Waals surface area contributed by atoms with Crippen LogP contribution in [0.3, 0.4) is 0 Å². The fourth-order valence-electron chi connectivity index (χ4n) is 3.49. The van der Waals surface area contributed by atoms with Crippen molar-refractivity contribution < 1.29 is 12.8 Å². The van der Waals surface area contributed by atoms with E-state index in [1.165, 1.54) is 25.0 Å². The molecule has 5 nitrogen and oxygen atoms in total. The highest BCUT2D eigenvalue weighted by Gasteiger charge is 2.35. The molecule has 0 spiro atoms. The Morgan fingerprint density at radius 2 is 1.90 bits per heavy atom. The maximum atomic E-state index is 14.2. The molecule has 2 unspecified atom stereocenters. The van der Waals surface area contributed by atoms with Gasteiger partial charge in [-0.3, -0.25) is 0 Å². The van der Waals surface area contributed by atoms with E-state index in [-0.39, 0.29) is 10.9 Å². The van der Waals surface area contributed by atoms with Crippen molar-refractivity contribution >= 4 is 15.7 Å². The zero-order valence-electron chi connectivity index (χ0n) is 11.9. The smallest absolute Gasteiger partial charge is 0.238 e. The molecule has 7 heteroatoms. The number of nitrogens with two attached hydrogens (primary N) is 1. The Balaban J connectivity index is 1.83. The minimum Gasteiger partial charge on any atom is -0.369 e. The van der Waals surface area contributed by atoms with Crippen molar-refractivity contribution in [3.63, 3.8) is 0 Å². The van der Waals surface area contributed by atoms with E-state index in [4.69, 9.17) is 5.14 Å². The number of halogens is 1. The number of piperidine rings is 1. The van der Waals surface area contributed by atoms with Gasteiger partial charge in [-0.1, -0.05) is 0 Å². The van der Waals surface area contributed by atoms with Gasteiger partial charge in [-0.25, -0.2) is 17.9 Å². The van der Waals surface area contributed by atoms with Gasteiger partial charge in [-0.15, -0.1) is 0 Å². The van der Waals surface area contributed by atoms with Gasteiger partial charge in [0.1, 0.15) is 5.82 Å². The molecule has 0 aromatic heterocycles. The lowest BCUT2D eigenvalue weighted by Crippen LogP contribution is -2.47.